The maximum atomic E-state index is 10.6. The molecule has 7 nitrogen and oxygen atoms in total. The van der Waals surface area contributed by atoms with Crippen LogP contribution < -0.4 is 5.32 Å². The van der Waals surface area contributed by atoms with E-state index in [1.807, 2.05) is 24.4 Å². The second kappa shape index (κ2) is 6.28. The first kappa shape index (κ1) is 16.5. The summed E-state index contributed by atoms with van der Waals surface area (Å²) < 4.78 is 0. The molecule has 7 heteroatoms. The fourth-order valence-corrected chi connectivity index (χ4v) is 4.55. The number of hydrogen-bond donors (Lipinski definition) is 4. The van der Waals surface area contributed by atoms with E-state index in [9.17, 15) is 5.11 Å². The summed E-state index contributed by atoms with van der Waals surface area (Å²) in [5.41, 5.74) is 7.40. The molecule has 0 spiro atoms. The number of nitrogens with one attached hydrogen (secondary N) is 3. The van der Waals surface area contributed by atoms with E-state index in [0.717, 1.165) is 34.1 Å². The minimum absolute atomic E-state index is 0.168. The number of phenolic OH excluding ortho intramolecular Hbond substituents is 1. The van der Waals surface area contributed by atoms with Crippen LogP contribution >= 0.6 is 0 Å². The second-order valence-electron chi connectivity index (χ2n) is 7.86. The van der Waals surface area contributed by atoms with Crippen molar-refractivity contribution in [2.75, 3.05) is 0 Å². The molecule has 0 amide bonds. The van der Waals surface area contributed by atoms with Gasteiger partial charge >= 0.3 is 0 Å². The summed E-state index contributed by atoms with van der Waals surface area (Å²) in [4.78, 5) is 3.34. The molecule has 2 aliphatic heterocycles. The molecule has 2 aliphatic rings. The van der Waals surface area contributed by atoms with Gasteiger partial charge in [-0.1, -0.05) is 12.1 Å². The lowest BCUT2D eigenvalue weighted by molar-refractivity contribution is 0.477. The van der Waals surface area contributed by atoms with Crippen LogP contribution in [0.1, 0.15) is 24.8 Å². The van der Waals surface area contributed by atoms with Gasteiger partial charge in [-0.25, -0.2) is 0 Å². The van der Waals surface area contributed by atoms with E-state index in [1.165, 1.54) is 18.4 Å². The van der Waals surface area contributed by atoms with E-state index in [1.54, 1.807) is 18.5 Å². The van der Waals surface area contributed by atoms with Crippen molar-refractivity contribution in [3.63, 3.8) is 0 Å². The third-order valence-corrected chi connectivity index (χ3v) is 6.02. The number of H-pyrrole nitrogens is 2. The fourth-order valence-electron chi connectivity index (χ4n) is 4.55. The predicted octanol–water partition coefficient (Wildman–Crippen LogP) is 3.63. The van der Waals surface area contributed by atoms with E-state index in [4.69, 9.17) is 0 Å². The highest BCUT2D eigenvalue weighted by atomic mass is 16.3. The van der Waals surface area contributed by atoms with Gasteiger partial charge in [0, 0.05) is 41.2 Å². The Hall–Kier alpha value is -3.45. The van der Waals surface area contributed by atoms with Crippen molar-refractivity contribution in [2.45, 2.75) is 31.3 Å². The summed E-state index contributed by atoms with van der Waals surface area (Å²) in [6.07, 6.45) is 11.4. The van der Waals surface area contributed by atoms with E-state index >= 15 is 0 Å². The summed E-state index contributed by atoms with van der Waals surface area (Å²) >= 11 is 0. The molecule has 1 saturated heterocycles. The van der Waals surface area contributed by atoms with Gasteiger partial charge in [0.2, 0.25) is 0 Å². The zero-order valence-electron chi connectivity index (χ0n) is 15.7. The molecule has 2 atom stereocenters. The Morgan fingerprint density at radius 3 is 2.79 bits per heavy atom. The number of benzene rings is 1. The van der Waals surface area contributed by atoms with Gasteiger partial charge in [0.15, 0.2) is 0 Å². The quantitative estimate of drug-likeness (QED) is 0.432. The molecule has 1 aromatic carbocycles. The third-order valence-electron chi connectivity index (χ3n) is 6.02. The van der Waals surface area contributed by atoms with Crippen LogP contribution in [0.15, 0.2) is 48.9 Å². The lowest BCUT2D eigenvalue weighted by Gasteiger charge is -2.20. The lowest BCUT2D eigenvalue weighted by atomic mass is 9.97. The van der Waals surface area contributed by atoms with Gasteiger partial charge in [-0.05, 0) is 48.6 Å². The summed E-state index contributed by atoms with van der Waals surface area (Å²) in [7, 11) is 0. The van der Waals surface area contributed by atoms with Crippen molar-refractivity contribution in [2.24, 2.45) is 0 Å². The lowest BCUT2D eigenvalue weighted by Crippen LogP contribution is -2.31. The molecule has 29 heavy (non-hydrogen) atoms. The second-order valence-corrected chi connectivity index (χ2v) is 7.86. The Kier molecular flexibility index (Phi) is 3.57. The van der Waals surface area contributed by atoms with Crippen LogP contribution in [0, 0.1) is 0 Å². The summed E-state index contributed by atoms with van der Waals surface area (Å²) in [6, 6.07) is 8.54. The molecule has 144 valence electrons. The van der Waals surface area contributed by atoms with Gasteiger partial charge in [-0.15, -0.1) is 10.2 Å². The Balaban J connectivity index is 1.37. The molecule has 3 aromatic heterocycles. The summed E-state index contributed by atoms with van der Waals surface area (Å²) in [6.45, 7) is 0. The van der Waals surface area contributed by atoms with Crippen molar-refractivity contribution in [3.8, 4) is 28.1 Å². The van der Waals surface area contributed by atoms with Crippen LogP contribution in [-0.4, -0.2) is 42.6 Å². The van der Waals surface area contributed by atoms with Gasteiger partial charge in [0.1, 0.15) is 11.3 Å². The van der Waals surface area contributed by atoms with E-state index < -0.39 is 0 Å². The highest BCUT2D eigenvalue weighted by Crippen LogP contribution is 2.36. The number of aromatic nitrogens is 5. The zero-order valence-corrected chi connectivity index (χ0v) is 15.7. The molecular weight excluding hydrogens is 364 g/mol. The maximum absolute atomic E-state index is 10.6. The smallest absolute Gasteiger partial charge is 0.125 e. The first-order chi connectivity index (χ1) is 14.2. The van der Waals surface area contributed by atoms with Gasteiger partial charge in [0.05, 0.1) is 17.4 Å². The van der Waals surface area contributed by atoms with Crippen molar-refractivity contribution in [1.82, 2.24) is 30.7 Å². The molecule has 5 heterocycles. The van der Waals surface area contributed by atoms with Crippen molar-refractivity contribution in [3.05, 3.63) is 54.5 Å². The highest BCUT2D eigenvalue weighted by molar-refractivity contribution is 5.91. The number of aromatic amines is 2. The fraction of sp³-hybridized carbons (Fsp3) is 0.227. The molecule has 0 saturated carbocycles. The van der Waals surface area contributed by atoms with Crippen molar-refractivity contribution >= 4 is 16.6 Å². The Morgan fingerprint density at radius 1 is 1.00 bits per heavy atom. The molecule has 0 radical (unpaired) electrons. The largest absolute Gasteiger partial charge is 0.507 e. The number of hydrogen-bond acceptors (Lipinski definition) is 5. The standard InChI is InChI=1S/C22H20N6O/c29-21-7-12(14-9-24-25-10-14)1-4-17(21)19-8-20-22(28-27-19)18(11-23-20)13-5-15-2-3-16(6-13)26-15/h1,4-5,7-11,15-16,23,26,29H,2-3,6H2,(H,24,25). The number of aromatic hydroxyl groups is 1. The minimum Gasteiger partial charge on any atom is -0.507 e. The van der Waals surface area contributed by atoms with Crippen molar-refractivity contribution < 1.29 is 5.11 Å². The van der Waals surface area contributed by atoms with E-state index in [0.29, 0.717) is 23.3 Å². The highest BCUT2D eigenvalue weighted by Gasteiger charge is 2.29. The van der Waals surface area contributed by atoms with E-state index in [2.05, 4.69) is 36.8 Å². The SMILES string of the molecule is Oc1cc(-c2cn[nH]c2)ccc1-c1cc2[nH]cc(C3=CC4CCC(C3)N4)c2nn1. The molecule has 2 bridgehead atoms. The third kappa shape index (κ3) is 2.74. The predicted molar refractivity (Wildman–Crippen MR) is 111 cm³/mol. The zero-order chi connectivity index (χ0) is 19.4. The molecule has 0 aliphatic carbocycles. The molecule has 4 N–H and O–H groups in total. The van der Waals surface area contributed by atoms with E-state index in [-0.39, 0.29) is 5.75 Å². The van der Waals surface area contributed by atoms with Crippen LogP contribution in [-0.2, 0) is 0 Å². The van der Waals surface area contributed by atoms with Crippen LogP contribution in [0.3, 0.4) is 0 Å². The topological polar surface area (TPSA) is 103 Å². The normalized spacial score (nSPS) is 20.9. The van der Waals surface area contributed by atoms with Crippen LogP contribution in [0.4, 0.5) is 0 Å². The average molecular weight is 384 g/mol. The number of nitrogens with zero attached hydrogens (tertiary/aromatic N) is 3. The summed E-state index contributed by atoms with van der Waals surface area (Å²) in [5.74, 6) is 0.168. The van der Waals surface area contributed by atoms with Crippen LogP contribution in [0.25, 0.3) is 39.0 Å². The van der Waals surface area contributed by atoms with Crippen LogP contribution in [0.2, 0.25) is 0 Å². The molecular formula is C22H20N6O. The molecule has 4 aromatic rings. The molecule has 2 unspecified atom stereocenters. The van der Waals surface area contributed by atoms with Crippen molar-refractivity contribution in [1.29, 1.82) is 0 Å². The van der Waals surface area contributed by atoms with Crippen LogP contribution in [0.5, 0.6) is 5.75 Å². The Morgan fingerprint density at radius 2 is 1.97 bits per heavy atom. The average Bonchev–Trinajstić information content (AvgIpc) is 3.47. The Bertz CT molecular complexity index is 1240. The summed E-state index contributed by atoms with van der Waals surface area (Å²) in [5, 5.41) is 29.9. The molecule has 6 rings (SSSR count). The first-order valence-corrected chi connectivity index (χ1v) is 9.89. The minimum atomic E-state index is 0.168. The molecule has 1 fully saturated rings. The van der Waals surface area contributed by atoms with Gasteiger partial charge in [-0.2, -0.15) is 5.10 Å². The number of phenols is 1. The van der Waals surface area contributed by atoms with Gasteiger partial charge < -0.3 is 15.4 Å². The number of rotatable bonds is 3. The monoisotopic (exact) mass is 384 g/mol. The first-order valence-electron chi connectivity index (χ1n) is 9.89. The van der Waals surface area contributed by atoms with Gasteiger partial charge in [-0.3, -0.25) is 5.10 Å². The number of fused-ring (bicyclic) bond motifs is 3. The maximum Gasteiger partial charge on any atom is 0.125 e. The Labute approximate surface area is 166 Å². The van der Waals surface area contributed by atoms with Gasteiger partial charge in [0.25, 0.3) is 0 Å².